The van der Waals surface area contributed by atoms with Crippen molar-refractivity contribution in [1.29, 1.82) is 0 Å². The fourth-order valence-electron chi connectivity index (χ4n) is 3.13. The summed E-state index contributed by atoms with van der Waals surface area (Å²) < 4.78 is 2.05. The fourth-order valence-corrected chi connectivity index (χ4v) is 3.91. The summed E-state index contributed by atoms with van der Waals surface area (Å²) in [5, 5.41) is 12.3. The van der Waals surface area contributed by atoms with Gasteiger partial charge in [-0.25, -0.2) is 0 Å². The van der Waals surface area contributed by atoms with Crippen LogP contribution in [0, 0.1) is 6.92 Å². The van der Waals surface area contributed by atoms with E-state index < -0.39 is 0 Å². The summed E-state index contributed by atoms with van der Waals surface area (Å²) in [4.78, 5) is 12.6. The van der Waals surface area contributed by atoms with E-state index in [0.29, 0.717) is 12.3 Å². The van der Waals surface area contributed by atoms with Crippen LogP contribution in [0.15, 0.2) is 53.7 Å². The summed E-state index contributed by atoms with van der Waals surface area (Å²) in [6.45, 7) is 6.84. The van der Waals surface area contributed by atoms with Gasteiger partial charge in [-0.3, -0.25) is 4.79 Å². The van der Waals surface area contributed by atoms with E-state index in [4.69, 9.17) is 0 Å². The second-order valence-electron chi connectivity index (χ2n) is 6.60. The number of rotatable bonds is 8. The molecule has 0 spiro atoms. The van der Waals surface area contributed by atoms with Gasteiger partial charge < -0.3 is 9.88 Å². The van der Waals surface area contributed by atoms with Crippen LogP contribution in [-0.2, 0) is 24.2 Å². The van der Waals surface area contributed by atoms with E-state index in [9.17, 15) is 4.79 Å². The SMILES string of the molecule is CCc1cccc(CC)c1NC(=O)CSc1nnc(C)n1Cc1ccccc1. The molecule has 0 saturated heterocycles. The molecule has 1 heterocycles. The third-order valence-electron chi connectivity index (χ3n) is 4.68. The molecule has 0 fully saturated rings. The Morgan fingerprint density at radius 2 is 1.68 bits per heavy atom. The van der Waals surface area contributed by atoms with Crippen LogP contribution < -0.4 is 5.32 Å². The molecule has 0 radical (unpaired) electrons. The molecule has 1 amide bonds. The smallest absolute Gasteiger partial charge is 0.234 e. The summed E-state index contributed by atoms with van der Waals surface area (Å²) in [6, 6.07) is 16.4. The Bertz CT molecular complexity index is 915. The molecule has 0 unspecified atom stereocenters. The topological polar surface area (TPSA) is 59.8 Å². The van der Waals surface area contributed by atoms with Crippen molar-refractivity contribution in [3.05, 3.63) is 71.0 Å². The van der Waals surface area contributed by atoms with Gasteiger partial charge in [-0.15, -0.1) is 10.2 Å². The van der Waals surface area contributed by atoms with Crippen LogP contribution in [0.25, 0.3) is 0 Å². The third-order valence-corrected chi connectivity index (χ3v) is 5.65. The Kier molecular flexibility index (Phi) is 6.87. The van der Waals surface area contributed by atoms with E-state index >= 15 is 0 Å². The molecular formula is C22H26N4OS. The molecule has 0 aliphatic carbocycles. The molecular weight excluding hydrogens is 368 g/mol. The van der Waals surface area contributed by atoms with Crippen molar-refractivity contribution in [2.45, 2.75) is 45.3 Å². The van der Waals surface area contributed by atoms with Crippen LogP contribution in [0.5, 0.6) is 0 Å². The predicted molar refractivity (Wildman–Crippen MR) is 115 cm³/mol. The summed E-state index contributed by atoms with van der Waals surface area (Å²) in [5.74, 6) is 1.12. The first kappa shape index (κ1) is 20.1. The van der Waals surface area contributed by atoms with Crippen LogP contribution in [0.4, 0.5) is 5.69 Å². The zero-order valence-electron chi connectivity index (χ0n) is 16.6. The number of aromatic nitrogens is 3. The molecule has 0 aliphatic rings. The highest BCUT2D eigenvalue weighted by molar-refractivity contribution is 7.99. The Labute approximate surface area is 170 Å². The predicted octanol–water partition coefficient (Wildman–Crippen LogP) is 4.49. The minimum atomic E-state index is -0.0208. The quantitative estimate of drug-likeness (QED) is 0.572. The molecule has 0 saturated carbocycles. The standard InChI is InChI=1S/C22H26N4OS/c1-4-18-12-9-13-19(5-2)21(18)23-20(27)15-28-22-25-24-16(3)26(22)14-17-10-7-6-8-11-17/h6-13H,4-5,14-15H2,1-3H3,(H,23,27). The van der Waals surface area contributed by atoms with E-state index in [2.05, 4.69) is 59.7 Å². The Balaban J connectivity index is 1.68. The number of hydrogen-bond donors (Lipinski definition) is 1. The van der Waals surface area contributed by atoms with Crippen molar-refractivity contribution in [2.24, 2.45) is 0 Å². The van der Waals surface area contributed by atoms with Crippen molar-refractivity contribution in [3.63, 3.8) is 0 Å². The maximum atomic E-state index is 12.6. The third kappa shape index (κ3) is 4.81. The molecule has 6 heteroatoms. The minimum absolute atomic E-state index is 0.0208. The van der Waals surface area contributed by atoms with Gasteiger partial charge >= 0.3 is 0 Å². The van der Waals surface area contributed by atoms with E-state index in [1.54, 1.807) is 0 Å². The van der Waals surface area contributed by atoms with Gasteiger partial charge in [0, 0.05) is 5.69 Å². The van der Waals surface area contributed by atoms with Gasteiger partial charge in [-0.05, 0) is 36.5 Å². The Morgan fingerprint density at radius 3 is 2.32 bits per heavy atom. The van der Waals surface area contributed by atoms with Crippen LogP contribution in [0.2, 0.25) is 0 Å². The van der Waals surface area contributed by atoms with E-state index in [1.807, 2.05) is 29.7 Å². The molecule has 1 N–H and O–H groups in total. The van der Waals surface area contributed by atoms with Crippen molar-refractivity contribution in [1.82, 2.24) is 14.8 Å². The van der Waals surface area contributed by atoms with Crippen LogP contribution in [0.3, 0.4) is 0 Å². The lowest BCUT2D eigenvalue weighted by molar-refractivity contribution is -0.113. The van der Waals surface area contributed by atoms with Gasteiger partial charge in [0.2, 0.25) is 5.91 Å². The van der Waals surface area contributed by atoms with Gasteiger partial charge in [-0.2, -0.15) is 0 Å². The first-order valence-electron chi connectivity index (χ1n) is 9.59. The zero-order valence-corrected chi connectivity index (χ0v) is 17.4. The molecule has 0 atom stereocenters. The molecule has 3 aromatic rings. The summed E-state index contributed by atoms with van der Waals surface area (Å²) in [6.07, 6.45) is 1.78. The average molecular weight is 395 g/mol. The molecule has 5 nitrogen and oxygen atoms in total. The summed E-state index contributed by atoms with van der Waals surface area (Å²) in [7, 11) is 0. The number of nitrogens with zero attached hydrogens (tertiary/aromatic N) is 3. The van der Waals surface area contributed by atoms with Gasteiger partial charge in [-0.1, -0.05) is 74.1 Å². The van der Waals surface area contributed by atoms with E-state index in [1.165, 1.54) is 28.5 Å². The molecule has 0 aliphatic heterocycles. The van der Waals surface area contributed by atoms with Crippen molar-refractivity contribution < 1.29 is 4.79 Å². The van der Waals surface area contributed by atoms with Crippen LogP contribution in [0.1, 0.15) is 36.4 Å². The molecule has 146 valence electrons. The van der Waals surface area contributed by atoms with Crippen LogP contribution in [-0.4, -0.2) is 26.4 Å². The lowest BCUT2D eigenvalue weighted by atomic mass is 10.0. The van der Waals surface area contributed by atoms with Crippen molar-refractivity contribution in [2.75, 3.05) is 11.1 Å². The number of para-hydroxylation sites is 1. The number of benzene rings is 2. The molecule has 3 rings (SSSR count). The molecule has 0 bridgehead atoms. The van der Waals surface area contributed by atoms with Gasteiger partial charge in [0.15, 0.2) is 5.16 Å². The number of aryl methyl sites for hydroxylation is 3. The van der Waals surface area contributed by atoms with Crippen molar-refractivity contribution in [3.8, 4) is 0 Å². The van der Waals surface area contributed by atoms with Crippen molar-refractivity contribution >= 4 is 23.4 Å². The maximum absolute atomic E-state index is 12.6. The van der Waals surface area contributed by atoms with Gasteiger partial charge in [0.05, 0.1) is 12.3 Å². The first-order valence-corrected chi connectivity index (χ1v) is 10.6. The lowest BCUT2D eigenvalue weighted by Gasteiger charge is -2.14. The van der Waals surface area contributed by atoms with E-state index in [0.717, 1.165) is 29.5 Å². The number of thioether (sulfide) groups is 1. The number of hydrogen-bond acceptors (Lipinski definition) is 4. The molecule has 28 heavy (non-hydrogen) atoms. The van der Waals surface area contributed by atoms with Crippen LogP contribution >= 0.6 is 11.8 Å². The zero-order chi connectivity index (χ0) is 19.9. The highest BCUT2D eigenvalue weighted by atomic mass is 32.2. The monoisotopic (exact) mass is 394 g/mol. The second kappa shape index (κ2) is 9.55. The highest BCUT2D eigenvalue weighted by Crippen LogP contribution is 2.24. The fraction of sp³-hybridized carbons (Fsp3) is 0.318. The average Bonchev–Trinajstić information content (AvgIpc) is 3.07. The normalized spacial score (nSPS) is 10.8. The molecule has 1 aromatic heterocycles. The summed E-state index contributed by atoms with van der Waals surface area (Å²) in [5.41, 5.74) is 4.47. The van der Waals surface area contributed by atoms with Gasteiger partial charge in [0.1, 0.15) is 5.82 Å². The first-order chi connectivity index (χ1) is 13.6. The number of amides is 1. The van der Waals surface area contributed by atoms with E-state index in [-0.39, 0.29) is 5.91 Å². The molecule has 2 aromatic carbocycles. The lowest BCUT2D eigenvalue weighted by Crippen LogP contribution is -2.17. The second-order valence-corrected chi connectivity index (χ2v) is 7.54. The minimum Gasteiger partial charge on any atom is -0.325 e. The maximum Gasteiger partial charge on any atom is 0.234 e. The highest BCUT2D eigenvalue weighted by Gasteiger charge is 2.14. The number of carbonyl (C=O) groups excluding carboxylic acids is 1. The Hall–Kier alpha value is -2.60. The number of anilines is 1. The number of carbonyl (C=O) groups is 1. The number of nitrogens with one attached hydrogen (secondary N) is 1. The summed E-state index contributed by atoms with van der Waals surface area (Å²) >= 11 is 1.42. The largest absolute Gasteiger partial charge is 0.325 e. The van der Waals surface area contributed by atoms with Gasteiger partial charge in [0.25, 0.3) is 0 Å². The Morgan fingerprint density at radius 1 is 1.00 bits per heavy atom.